The van der Waals surface area contributed by atoms with Gasteiger partial charge in [-0.25, -0.2) is 4.98 Å². The third-order valence-corrected chi connectivity index (χ3v) is 3.44. The summed E-state index contributed by atoms with van der Waals surface area (Å²) in [6.45, 7) is -2.85. The normalized spacial score (nSPS) is 11.8. The first-order valence-corrected chi connectivity index (χ1v) is 7.43. The fourth-order valence-corrected chi connectivity index (χ4v) is 2.29. The van der Waals surface area contributed by atoms with Gasteiger partial charge in [0.05, 0.1) is 6.20 Å². The van der Waals surface area contributed by atoms with Crippen LogP contribution in [0.1, 0.15) is 11.5 Å². The minimum Gasteiger partial charge on any atom is -0.435 e. The summed E-state index contributed by atoms with van der Waals surface area (Å²) < 4.78 is 34.2. The van der Waals surface area contributed by atoms with Crippen LogP contribution in [0.5, 0.6) is 5.75 Å². The van der Waals surface area contributed by atoms with Crippen LogP contribution in [0.2, 0.25) is 0 Å². The van der Waals surface area contributed by atoms with Crippen LogP contribution in [0.15, 0.2) is 65.2 Å². The van der Waals surface area contributed by atoms with E-state index in [1.54, 1.807) is 24.4 Å². The Hall–Kier alpha value is -2.66. The highest BCUT2D eigenvalue weighted by atomic mass is 35.5. The van der Waals surface area contributed by atoms with Crippen LogP contribution in [0.3, 0.4) is 0 Å². The fraction of sp³-hybridized carbons (Fsp3) is 0.0556. The van der Waals surface area contributed by atoms with E-state index in [1.807, 2.05) is 30.3 Å². The molecular formula is C18H12ClF2NO2. The monoisotopic (exact) mass is 347 g/mol. The van der Waals surface area contributed by atoms with E-state index >= 15 is 0 Å². The van der Waals surface area contributed by atoms with Crippen LogP contribution in [0.4, 0.5) is 8.78 Å². The summed E-state index contributed by atoms with van der Waals surface area (Å²) in [5, 5.41) is 0.305. The van der Waals surface area contributed by atoms with Crippen LogP contribution >= 0.6 is 11.6 Å². The van der Waals surface area contributed by atoms with Gasteiger partial charge < -0.3 is 9.15 Å². The minimum absolute atomic E-state index is 0.0840. The third kappa shape index (κ3) is 4.00. The van der Waals surface area contributed by atoms with Gasteiger partial charge in [0.25, 0.3) is 0 Å². The van der Waals surface area contributed by atoms with Crippen molar-refractivity contribution < 1.29 is 17.9 Å². The maximum Gasteiger partial charge on any atom is 0.387 e. The van der Waals surface area contributed by atoms with E-state index in [0.29, 0.717) is 16.4 Å². The van der Waals surface area contributed by atoms with E-state index in [0.717, 1.165) is 5.56 Å². The summed E-state index contributed by atoms with van der Waals surface area (Å²) in [4.78, 5) is 4.15. The first-order chi connectivity index (χ1) is 11.6. The van der Waals surface area contributed by atoms with Gasteiger partial charge in [-0.05, 0) is 23.8 Å². The van der Waals surface area contributed by atoms with E-state index in [2.05, 4.69) is 9.72 Å². The lowest BCUT2D eigenvalue weighted by Gasteiger charge is -2.04. The quantitative estimate of drug-likeness (QED) is 0.595. The van der Waals surface area contributed by atoms with E-state index in [1.165, 1.54) is 12.1 Å². The molecule has 3 aromatic rings. The van der Waals surface area contributed by atoms with Crippen molar-refractivity contribution in [1.82, 2.24) is 4.98 Å². The molecule has 0 saturated carbocycles. The smallest absolute Gasteiger partial charge is 0.387 e. The van der Waals surface area contributed by atoms with Crippen LogP contribution in [-0.2, 0) is 0 Å². The Morgan fingerprint density at radius 3 is 2.46 bits per heavy atom. The third-order valence-electron chi connectivity index (χ3n) is 3.17. The first kappa shape index (κ1) is 16.2. The van der Waals surface area contributed by atoms with E-state index in [4.69, 9.17) is 16.0 Å². The summed E-state index contributed by atoms with van der Waals surface area (Å²) >= 11 is 6.22. The zero-order valence-corrected chi connectivity index (χ0v) is 13.1. The van der Waals surface area contributed by atoms with Gasteiger partial charge in [0.2, 0.25) is 5.89 Å². The van der Waals surface area contributed by atoms with Gasteiger partial charge in [-0.3, -0.25) is 0 Å². The average molecular weight is 348 g/mol. The Morgan fingerprint density at radius 2 is 1.79 bits per heavy atom. The van der Waals surface area contributed by atoms with Gasteiger partial charge in [-0.1, -0.05) is 54.1 Å². The molecule has 6 heteroatoms. The number of nitrogens with zero attached hydrogens (tertiary/aromatic N) is 1. The van der Waals surface area contributed by atoms with Gasteiger partial charge in [0, 0.05) is 5.56 Å². The average Bonchev–Trinajstić information content (AvgIpc) is 3.07. The molecule has 1 heterocycles. The number of hydrogen-bond donors (Lipinski definition) is 0. The zero-order valence-electron chi connectivity index (χ0n) is 12.3. The van der Waals surface area contributed by atoms with Gasteiger partial charge in [-0.2, -0.15) is 8.78 Å². The number of ether oxygens (including phenoxy) is 1. The molecule has 3 nitrogen and oxygen atoms in total. The second kappa shape index (κ2) is 7.27. The lowest BCUT2D eigenvalue weighted by molar-refractivity contribution is -0.0498. The first-order valence-electron chi connectivity index (χ1n) is 7.05. The van der Waals surface area contributed by atoms with Gasteiger partial charge in [-0.15, -0.1) is 0 Å². The molecule has 0 bridgehead atoms. The van der Waals surface area contributed by atoms with Crippen LogP contribution in [-0.4, -0.2) is 11.6 Å². The Bertz CT molecular complexity index is 830. The molecule has 0 aliphatic heterocycles. The van der Waals surface area contributed by atoms with Crippen molar-refractivity contribution in [3.8, 4) is 17.1 Å². The number of alkyl halides is 2. The van der Waals surface area contributed by atoms with Gasteiger partial charge in [0.1, 0.15) is 10.8 Å². The van der Waals surface area contributed by atoms with E-state index in [9.17, 15) is 8.78 Å². The van der Waals surface area contributed by atoms with Crippen molar-refractivity contribution in [2.45, 2.75) is 6.61 Å². The van der Waals surface area contributed by atoms with Crippen molar-refractivity contribution in [3.63, 3.8) is 0 Å². The highest BCUT2D eigenvalue weighted by Crippen LogP contribution is 2.27. The standard InChI is InChI=1S/C18H12ClF2NO2/c19-15(10-12-6-8-14(9-7-12)23-18(20)21)17-22-11-16(24-17)13-4-2-1-3-5-13/h1-11,18H/b15-10-. The number of oxazole rings is 1. The predicted molar refractivity (Wildman–Crippen MR) is 88.7 cm³/mol. The molecule has 0 radical (unpaired) electrons. The number of aromatic nitrogens is 1. The molecule has 0 atom stereocenters. The highest BCUT2D eigenvalue weighted by molar-refractivity contribution is 6.50. The van der Waals surface area contributed by atoms with E-state index < -0.39 is 6.61 Å². The Kier molecular flexibility index (Phi) is 4.91. The molecule has 1 aromatic heterocycles. The Labute approximate surface area is 142 Å². The van der Waals surface area contributed by atoms with Crippen LogP contribution in [0.25, 0.3) is 22.4 Å². The lowest BCUT2D eigenvalue weighted by atomic mass is 10.2. The minimum atomic E-state index is -2.85. The molecule has 0 aliphatic carbocycles. The second-order valence-corrected chi connectivity index (χ2v) is 5.24. The highest BCUT2D eigenvalue weighted by Gasteiger charge is 2.09. The molecule has 0 aliphatic rings. The predicted octanol–water partition coefficient (Wildman–Crippen LogP) is 5.68. The topological polar surface area (TPSA) is 35.3 Å². The lowest BCUT2D eigenvalue weighted by Crippen LogP contribution is -2.01. The van der Waals surface area contributed by atoms with Crippen molar-refractivity contribution in [2.24, 2.45) is 0 Å². The molecule has 122 valence electrons. The molecule has 0 fully saturated rings. The van der Waals surface area contributed by atoms with Crippen molar-refractivity contribution in [3.05, 3.63) is 72.2 Å². The van der Waals surface area contributed by atoms with Gasteiger partial charge in [0.15, 0.2) is 5.76 Å². The second-order valence-electron chi connectivity index (χ2n) is 4.84. The largest absolute Gasteiger partial charge is 0.435 e. The number of hydrogen-bond acceptors (Lipinski definition) is 3. The molecule has 0 amide bonds. The van der Waals surface area contributed by atoms with Crippen molar-refractivity contribution in [1.29, 1.82) is 0 Å². The molecule has 24 heavy (non-hydrogen) atoms. The number of benzene rings is 2. The molecule has 0 saturated heterocycles. The maximum atomic E-state index is 12.1. The molecular weight excluding hydrogens is 336 g/mol. The number of rotatable bonds is 5. The van der Waals surface area contributed by atoms with E-state index in [-0.39, 0.29) is 11.6 Å². The molecule has 0 N–H and O–H groups in total. The molecule has 0 spiro atoms. The van der Waals surface area contributed by atoms with Crippen LogP contribution in [0, 0.1) is 0 Å². The van der Waals surface area contributed by atoms with Crippen molar-refractivity contribution in [2.75, 3.05) is 0 Å². The van der Waals surface area contributed by atoms with Gasteiger partial charge >= 0.3 is 6.61 Å². The summed E-state index contributed by atoms with van der Waals surface area (Å²) in [6, 6.07) is 15.6. The summed E-state index contributed by atoms with van der Waals surface area (Å²) in [6.07, 6.45) is 3.23. The van der Waals surface area contributed by atoms with Crippen LogP contribution < -0.4 is 4.74 Å². The summed E-state index contributed by atoms with van der Waals surface area (Å²) in [5.41, 5.74) is 1.61. The Morgan fingerprint density at radius 1 is 1.08 bits per heavy atom. The Balaban J connectivity index is 1.77. The maximum absolute atomic E-state index is 12.1. The summed E-state index contributed by atoms with van der Waals surface area (Å²) in [5.74, 6) is 0.974. The number of halogens is 3. The fourth-order valence-electron chi connectivity index (χ4n) is 2.07. The molecule has 2 aromatic carbocycles. The zero-order chi connectivity index (χ0) is 16.9. The molecule has 0 unspecified atom stereocenters. The SMILES string of the molecule is FC(F)Oc1ccc(/C=C(\Cl)c2ncc(-c3ccccc3)o2)cc1. The summed E-state index contributed by atoms with van der Waals surface area (Å²) in [7, 11) is 0. The van der Waals surface area contributed by atoms with Crippen molar-refractivity contribution >= 4 is 22.7 Å². The molecule has 3 rings (SSSR count).